The first-order valence-corrected chi connectivity index (χ1v) is 11.3. The van der Waals surface area contributed by atoms with Crippen molar-refractivity contribution in [1.29, 1.82) is 0 Å². The van der Waals surface area contributed by atoms with Crippen molar-refractivity contribution in [1.82, 2.24) is 19.7 Å². The molecule has 174 valence electrons. The van der Waals surface area contributed by atoms with E-state index in [2.05, 4.69) is 19.9 Å². The molecular weight excluding hydrogens is 467 g/mol. The molecule has 0 spiro atoms. The molecule has 1 N–H and O–H groups in total. The fourth-order valence-corrected chi connectivity index (χ4v) is 4.87. The largest absolute Gasteiger partial charge is 0.382 e. The fourth-order valence-electron chi connectivity index (χ4n) is 4.30. The molecule has 2 aromatic carbocycles. The number of non-ortho nitro benzene ring substituents is 1. The molecule has 11 heteroatoms. The van der Waals surface area contributed by atoms with Crippen LogP contribution in [-0.2, 0) is 12.1 Å². The predicted octanol–water partition coefficient (Wildman–Crippen LogP) is 3.59. The topological polar surface area (TPSA) is 101 Å². The number of aliphatic hydroxyl groups is 1. The van der Waals surface area contributed by atoms with E-state index in [0.717, 1.165) is 18.8 Å². The lowest BCUT2D eigenvalue weighted by molar-refractivity contribution is -0.384. The summed E-state index contributed by atoms with van der Waals surface area (Å²) in [6.07, 6.45) is 2.99. The van der Waals surface area contributed by atoms with Gasteiger partial charge >= 0.3 is 0 Å². The fraction of sp³-hybridized carbons (Fsp3) is 0.364. The summed E-state index contributed by atoms with van der Waals surface area (Å²) in [7, 11) is 0. The number of benzene rings is 2. The third-order valence-corrected chi connectivity index (χ3v) is 6.79. The summed E-state index contributed by atoms with van der Waals surface area (Å²) >= 11 is 12.6. The Bertz CT molecular complexity index is 1100. The van der Waals surface area contributed by atoms with E-state index in [4.69, 9.17) is 23.2 Å². The second kappa shape index (κ2) is 9.64. The van der Waals surface area contributed by atoms with E-state index < -0.39 is 10.5 Å². The molecule has 4 rings (SSSR count). The average Bonchev–Trinajstić information content (AvgIpc) is 3.31. The Labute approximate surface area is 201 Å². The summed E-state index contributed by atoms with van der Waals surface area (Å²) in [5.41, 5.74) is 0.246. The Balaban J connectivity index is 1.53. The first-order chi connectivity index (χ1) is 15.8. The number of nitrogens with zero attached hydrogens (tertiary/aromatic N) is 6. The number of aromatic nitrogens is 3. The van der Waals surface area contributed by atoms with Gasteiger partial charge in [-0.05, 0) is 31.2 Å². The monoisotopic (exact) mass is 490 g/mol. The second-order valence-electron chi connectivity index (χ2n) is 8.11. The molecule has 33 heavy (non-hydrogen) atoms. The highest BCUT2D eigenvalue weighted by Crippen LogP contribution is 2.37. The third-order valence-electron chi connectivity index (χ3n) is 6.25. The number of hydrogen-bond acceptors (Lipinski definition) is 7. The van der Waals surface area contributed by atoms with Gasteiger partial charge in [0.25, 0.3) is 5.69 Å². The number of nitro groups is 1. The van der Waals surface area contributed by atoms with Gasteiger partial charge in [0.1, 0.15) is 18.3 Å². The van der Waals surface area contributed by atoms with Crippen molar-refractivity contribution in [2.75, 3.05) is 31.1 Å². The van der Waals surface area contributed by atoms with Crippen molar-refractivity contribution in [3.8, 4) is 0 Å². The van der Waals surface area contributed by atoms with Crippen LogP contribution in [0, 0.1) is 10.1 Å². The van der Waals surface area contributed by atoms with Crippen LogP contribution in [0.3, 0.4) is 0 Å². The molecule has 0 aliphatic carbocycles. The Morgan fingerprint density at radius 2 is 1.85 bits per heavy atom. The Morgan fingerprint density at radius 1 is 1.15 bits per heavy atom. The third kappa shape index (κ3) is 4.96. The Hall–Kier alpha value is -2.72. The van der Waals surface area contributed by atoms with Crippen molar-refractivity contribution in [3.63, 3.8) is 0 Å². The Kier molecular flexibility index (Phi) is 6.85. The Morgan fingerprint density at radius 3 is 2.42 bits per heavy atom. The van der Waals surface area contributed by atoms with Gasteiger partial charge in [-0.1, -0.05) is 29.3 Å². The molecule has 0 amide bonds. The van der Waals surface area contributed by atoms with Gasteiger partial charge in [0.15, 0.2) is 0 Å². The molecule has 0 saturated carbocycles. The van der Waals surface area contributed by atoms with Crippen LogP contribution in [0.15, 0.2) is 55.1 Å². The number of piperazine rings is 1. The molecule has 0 bridgehead atoms. The van der Waals surface area contributed by atoms with Crippen LogP contribution in [0.4, 0.5) is 11.4 Å². The van der Waals surface area contributed by atoms with Crippen LogP contribution >= 0.6 is 23.2 Å². The van der Waals surface area contributed by atoms with Gasteiger partial charge < -0.3 is 10.0 Å². The summed E-state index contributed by atoms with van der Waals surface area (Å²) < 4.78 is 1.59. The summed E-state index contributed by atoms with van der Waals surface area (Å²) in [6.45, 7) is 4.99. The predicted molar refractivity (Wildman–Crippen MR) is 127 cm³/mol. The van der Waals surface area contributed by atoms with Gasteiger partial charge in [0.05, 0.1) is 11.5 Å². The number of hydrogen-bond donors (Lipinski definition) is 1. The van der Waals surface area contributed by atoms with Gasteiger partial charge in [-0.25, -0.2) is 9.67 Å². The van der Waals surface area contributed by atoms with Crippen LogP contribution in [0.5, 0.6) is 0 Å². The highest BCUT2D eigenvalue weighted by Gasteiger charge is 2.42. The van der Waals surface area contributed by atoms with Crippen molar-refractivity contribution in [2.45, 2.75) is 25.1 Å². The molecule has 2 heterocycles. The van der Waals surface area contributed by atoms with Crippen molar-refractivity contribution < 1.29 is 10.0 Å². The van der Waals surface area contributed by atoms with Crippen molar-refractivity contribution in [2.24, 2.45) is 0 Å². The number of nitro benzene ring substituents is 1. The molecule has 0 radical (unpaired) electrons. The summed E-state index contributed by atoms with van der Waals surface area (Å²) in [4.78, 5) is 18.9. The van der Waals surface area contributed by atoms with Gasteiger partial charge in [0.2, 0.25) is 0 Å². The van der Waals surface area contributed by atoms with E-state index in [-0.39, 0.29) is 18.3 Å². The summed E-state index contributed by atoms with van der Waals surface area (Å²) in [5.74, 6) is 0. The summed E-state index contributed by atoms with van der Waals surface area (Å²) in [6, 6.07) is 11.4. The highest BCUT2D eigenvalue weighted by molar-refractivity contribution is 6.35. The summed E-state index contributed by atoms with van der Waals surface area (Å²) in [5, 5.41) is 27.9. The molecule has 3 aromatic rings. The molecule has 1 saturated heterocycles. The first kappa shape index (κ1) is 23.4. The zero-order chi connectivity index (χ0) is 23.6. The quantitative estimate of drug-likeness (QED) is 0.398. The van der Waals surface area contributed by atoms with Crippen molar-refractivity contribution in [3.05, 3.63) is 80.8 Å². The van der Waals surface area contributed by atoms with E-state index >= 15 is 0 Å². The molecule has 1 fully saturated rings. The normalized spacial score (nSPS) is 17.5. The second-order valence-corrected chi connectivity index (χ2v) is 8.96. The molecule has 2 atom stereocenters. The van der Waals surface area contributed by atoms with E-state index in [9.17, 15) is 15.2 Å². The maximum absolute atomic E-state index is 12.0. The van der Waals surface area contributed by atoms with E-state index in [1.165, 1.54) is 18.5 Å². The molecule has 1 aromatic heterocycles. The van der Waals surface area contributed by atoms with E-state index in [1.54, 1.807) is 41.3 Å². The van der Waals surface area contributed by atoms with Crippen LogP contribution < -0.4 is 4.90 Å². The van der Waals surface area contributed by atoms with Crippen LogP contribution in [0.2, 0.25) is 10.0 Å². The zero-order valence-corrected chi connectivity index (χ0v) is 19.5. The van der Waals surface area contributed by atoms with Gasteiger partial charge in [-0.2, -0.15) is 5.10 Å². The van der Waals surface area contributed by atoms with Gasteiger partial charge in [0, 0.05) is 65.6 Å². The van der Waals surface area contributed by atoms with Gasteiger partial charge in [-0.15, -0.1) is 0 Å². The highest BCUT2D eigenvalue weighted by atomic mass is 35.5. The molecule has 1 aliphatic heterocycles. The van der Waals surface area contributed by atoms with Crippen LogP contribution in [0.1, 0.15) is 12.5 Å². The van der Waals surface area contributed by atoms with E-state index in [0.29, 0.717) is 28.7 Å². The number of anilines is 1. The zero-order valence-electron chi connectivity index (χ0n) is 18.0. The maximum atomic E-state index is 12.0. The minimum Gasteiger partial charge on any atom is -0.382 e. The minimum absolute atomic E-state index is 0.0732. The lowest BCUT2D eigenvalue weighted by Gasteiger charge is -2.45. The molecule has 0 unspecified atom stereocenters. The lowest BCUT2D eigenvalue weighted by atomic mass is 9.85. The minimum atomic E-state index is -1.34. The standard InChI is InChI=1S/C22H24Cl2N6O3/c1-16(27-8-10-28(11-9-27)18-3-5-19(6-4-18)30(32)33)22(31,13-29-15-25-14-26-29)20-7-2-17(23)12-21(20)24/h2-7,12,14-16,31H,8-11,13H2,1H3/t16-,22-/m1/s1. The smallest absolute Gasteiger partial charge is 0.269 e. The van der Waals surface area contributed by atoms with Gasteiger partial charge in [-0.3, -0.25) is 15.0 Å². The number of halogens is 2. The van der Waals surface area contributed by atoms with E-state index in [1.807, 2.05) is 6.92 Å². The maximum Gasteiger partial charge on any atom is 0.269 e. The molecule has 9 nitrogen and oxygen atoms in total. The molecular formula is C22H24Cl2N6O3. The van der Waals surface area contributed by atoms with Crippen molar-refractivity contribution >= 4 is 34.6 Å². The lowest BCUT2D eigenvalue weighted by Crippen LogP contribution is -2.57. The SMILES string of the molecule is C[C@@H](N1CCN(c2ccc([N+](=O)[O-])cc2)CC1)[C@](O)(Cn1cncn1)c1ccc(Cl)cc1Cl. The first-order valence-electron chi connectivity index (χ1n) is 10.5. The molecule has 1 aliphatic rings. The average molecular weight is 491 g/mol. The number of rotatable bonds is 7. The van der Waals surface area contributed by atoms with Crippen LogP contribution in [-0.4, -0.2) is 61.9 Å². The van der Waals surface area contributed by atoms with Crippen LogP contribution in [0.25, 0.3) is 0 Å².